The average Bonchev–Trinajstić information content (AvgIpc) is 3.23. The molecule has 2 aliphatic heterocycles. The van der Waals surface area contributed by atoms with Crippen LogP contribution in [0, 0.1) is 28.1 Å². The van der Waals surface area contributed by atoms with Crippen LogP contribution in [0.4, 0.5) is 0 Å². The predicted molar refractivity (Wildman–Crippen MR) is 155 cm³/mol. The van der Waals surface area contributed by atoms with Crippen molar-refractivity contribution in [2.45, 2.75) is 110 Å². The monoisotopic (exact) mass is 564 g/mol. The van der Waals surface area contributed by atoms with E-state index >= 15 is 0 Å². The van der Waals surface area contributed by atoms with Crippen LogP contribution in [0.2, 0.25) is 0 Å². The van der Waals surface area contributed by atoms with Gasteiger partial charge in [0.1, 0.15) is 5.78 Å². The van der Waals surface area contributed by atoms with Gasteiger partial charge in [0.15, 0.2) is 12.1 Å². The molecule has 0 bridgehead atoms. The zero-order valence-corrected chi connectivity index (χ0v) is 25.6. The number of rotatable bonds is 2. The quantitative estimate of drug-likeness (QED) is 0.407. The summed E-state index contributed by atoms with van der Waals surface area (Å²) >= 11 is 0. The van der Waals surface area contributed by atoms with Crippen LogP contribution in [0.5, 0.6) is 0 Å². The predicted octanol–water partition coefficient (Wildman–Crippen LogP) is 6.62. The van der Waals surface area contributed by atoms with Crippen LogP contribution < -0.4 is 0 Å². The minimum atomic E-state index is -0.920. The van der Waals surface area contributed by atoms with Crippen molar-refractivity contribution in [3.63, 3.8) is 0 Å². The number of allylic oxidation sites excluding steroid dienone is 1. The van der Waals surface area contributed by atoms with Crippen molar-refractivity contribution in [3.05, 3.63) is 46.5 Å². The van der Waals surface area contributed by atoms with Gasteiger partial charge in [-0.05, 0) is 55.1 Å². The molecule has 5 fully saturated rings. The van der Waals surface area contributed by atoms with E-state index in [9.17, 15) is 9.90 Å². The lowest BCUT2D eigenvalue weighted by Gasteiger charge is -2.56. The first-order valence-electron chi connectivity index (χ1n) is 15.9. The molecule has 7 rings (SSSR count). The second kappa shape index (κ2) is 9.46. The van der Waals surface area contributed by atoms with Crippen molar-refractivity contribution >= 4 is 5.78 Å². The van der Waals surface area contributed by atoms with E-state index in [1.54, 1.807) is 0 Å². The highest BCUT2D eigenvalue weighted by Crippen LogP contribution is 2.64. The number of benzene rings is 1. The minimum Gasteiger partial charge on any atom is -0.385 e. The number of carbonyl (C=O) groups excluding carboxylic acids is 1. The summed E-state index contributed by atoms with van der Waals surface area (Å²) in [5.41, 5.74) is 3.70. The maximum Gasteiger partial charge on any atom is 0.183 e. The lowest BCUT2D eigenvalue weighted by Crippen LogP contribution is -2.57. The molecule has 2 heterocycles. The third kappa shape index (κ3) is 4.68. The first-order chi connectivity index (χ1) is 19.3. The summed E-state index contributed by atoms with van der Waals surface area (Å²) < 4.78 is 24.9. The molecule has 0 unspecified atom stereocenters. The van der Waals surface area contributed by atoms with E-state index in [-0.39, 0.29) is 28.5 Å². The second-order valence-corrected chi connectivity index (χ2v) is 16.0. The summed E-state index contributed by atoms with van der Waals surface area (Å²) in [6.45, 7) is 13.5. The van der Waals surface area contributed by atoms with E-state index in [4.69, 9.17) is 18.9 Å². The number of hydrogen-bond donors (Lipinski definition) is 1. The van der Waals surface area contributed by atoms with E-state index in [2.05, 4.69) is 58.9 Å². The van der Waals surface area contributed by atoms with Gasteiger partial charge in [-0.3, -0.25) is 4.79 Å². The third-order valence-corrected chi connectivity index (χ3v) is 11.4. The maximum atomic E-state index is 13.4. The van der Waals surface area contributed by atoms with Gasteiger partial charge in [0, 0.05) is 47.0 Å². The van der Waals surface area contributed by atoms with E-state index in [0.717, 1.165) is 37.7 Å². The van der Waals surface area contributed by atoms with Crippen LogP contribution in [-0.4, -0.2) is 48.7 Å². The first kappa shape index (κ1) is 28.2. The van der Waals surface area contributed by atoms with Gasteiger partial charge in [0.25, 0.3) is 0 Å². The van der Waals surface area contributed by atoms with E-state index < -0.39 is 11.4 Å². The number of Topliss-reactive ketones (excluding diaryl/α,β-unsaturated/α-hetero) is 1. The molecule has 0 radical (unpaired) electrons. The fourth-order valence-corrected chi connectivity index (χ4v) is 9.09. The van der Waals surface area contributed by atoms with Crippen molar-refractivity contribution < 1.29 is 28.8 Å². The molecule has 0 aromatic heterocycles. The zero-order valence-electron chi connectivity index (χ0n) is 25.6. The fourth-order valence-electron chi connectivity index (χ4n) is 9.09. The number of hydrogen-bond acceptors (Lipinski definition) is 6. The molecule has 6 heteroatoms. The molecule has 0 amide bonds. The number of ether oxygens (including phenoxy) is 4. The first-order valence-corrected chi connectivity index (χ1v) is 15.9. The van der Waals surface area contributed by atoms with Crippen molar-refractivity contribution in [2.75, 3.05) is 26.4 Å². The standard InChI is InChI=1S/C35H48O6/c1-31(2)18-38-30(39-19-31)23-8-6-22(7-9-23)25-16-33(5)26(10-11-28(33)36)24-12-14-34(37)17-35(15-13-27(34)29(24)25)40-20-32(3,4)21-41-35/h6-9,24-26,30,37H,10-21H2,1-5H3/t24-,25+,26-,33-,34+/m0/s1. The molecular weight excluding hydrogens is 516 g/mol. The smallest absolute Gasteiger partial charge is 0.183 e. The Kier molecular flexibility index (Phi) is 6.51. The Bertz CT molecular complexity index is 1230. The highest BCUT2D eigenvalue weighted by Gasteiger charge is 2.60. The summed E-state index contributed by atoms with van der Waals surface area (Å²) in [6, 6.07) is 8.71. The topological polar surface area (TPSA) is 74.2 Å². The number of ketones is 1. The molecule has 1 aromatic rings. The van der Waals surface area contributed by atoms with Crippen LogP contribution in [0.1, 0.15) is 109 Å². The molecule has 1 spiro atoms. The van der Waals surface area contributed by atoms with Crippen LogP contribution in [0.15, 0.2) is 35.4 Å². The van der Waals surface area contributed by atoms with Gasteiger partial charge in [-0.25, -0.2) is 0 Å². The van der Waals surface area contributed by atoms with E-state index in [1.165, 1.54) is 16.7 Å². The van der Waals surface area contributed by atoms with Crippen LogP contribution >= 0.6 is 0 Å². The lowest BCUT2D eigenvalue weighted by molar-refractivity contribution is -0.322. The largest absolute Gasteiger partial charge is 0.385 e. The van der Waals surface area contributed by atoms with Crippen molar-refractivity contribution in [1.29, 1.82) is 0 Å². The summed E-state index contributed by atoms with van der Waals surface area (Å²) in [5, 5.41) is 12.3. The Labute approximate surface area is 245 Å². The molecule has 5 atom stereocenters. The highest BCUT2D eigenvalue weighted by molar-refractivity contribution is 5.87. The number of aliphatic hydroxyl groups is 1. The number of fused-ring (bicyclic) bond motifs is 4. The Morgan fingerprint density at radius 3 is 2.12 bits per heavy atom. The molecule has 41 heavy (non-hydrogen) atoms. The second-order valence-electron chi connectivity index (χ2n) is 16.0. The van der Waals surface area contributed by atoms with Crippen molar-refractivity contribution in [1.82, 2.24) is 0 Å². The molecule has 1 aromatic carbocycles. The fraction of sp³-hybridized carbons (Fsp3) is 0.743. The van der Waals surface area contributed by atoms with Gasteiger partial charge in [-0.15, -0.1) is 0 Å². The molecule has 6 nitrogen and oxygen atoms in total. The normalized spacial score (nSPS) is 39.8. The van der Waals surface area contributed by atoms with Gasteiger partial charge in [-0.2, -0.15) is 0 Å². The molecule has 2 saturated heterocycles. The summed E-state index contributed by atoms with van der Waals surface area (Å²) in [6.07, 6.45) is 5.82. The Morgan fingerprint density at radius 1 is 0.805 bits per heavy atom. The van der Waals surface area contributed by atoms with Gasteiger partial charge in [0.05, 0.1) is 32.0 Å². The van der Waals surface area contributed by atoms with Gasteiger partial charge in [-0.1, -0.05) is 64.5 Å². The minimum absolute atomic E-state index is 0.00568. The summed E-state index contributed by atoms with van der Waals surface area (Å²) in [4.78, 5) is 13.4. The zero-order chi connectivity index (χ0) is 28.8. The molecule has 224 valence electrons. The van der Waals surface area contributed by atoms with E-state index in [0.29, 0.717) is 63.3 Å². The summed E-state index contributed by atoms with van der Waals surface area (Å²) in [5.74, 6) is 0.555. The molecule has 3 saturated carbocycles. The molecule has 4 aliphatic carbocycles. The number of carbonyl (C=O) groups is 1. The Hall–Kier alpha value is -1.57. The van der Waals surface area contributed by atoms with Gasteiger partial charge < -0.3 is 24.1 Å². The van der Waals surface area contributed by atoms with Crippen LogP contribution in [0.3, 0.4) is 0 Å². The molecular formula is C35H48O6. The van der Waals surface area contributed by atoms with Gasteiger partial charge >= 0.3 is 0 Å². The molecule has 6 aliphatic rings. The Balaban J connectivity index is 1.23. The van der Waals surface area contributed by atoms with Crippen LogP contribution in [-0.2, 0) is 23.7 Å². The van der Waals surface area contributed by atoms with Crippen molar-refractivity contribution in [3.8, 4) is 0 Å². The summed E-state index contributed by atoms with van der Waals surface area (Å²) in [7, 11) is 0. The SMILES string of the molecule is CC1(C)COC(c2ccc([C@H]3C[C@]4(C)C(=O)CC[C@H]4[C@@H]4CC[C@@]5(O)CC6(CCC5=C43)OCC(C)(C)CO6)cc2)OC1. The average molecular weight is 565 g/mol. The maximum absolute atomic E-state index is 13.4. The van der Waals surface area contributed by atoms with Gasteiger partial charge in [0.2, 0.25) is 0 Å². The van der Waals surface area contributed by atoms with Crippen LogP contribution in [0.25, 0.3) is 0 Å². The lowest BCUT2D eigenvalue weighted by atomic mass is 9.51. The third-order valence-electron chi connectivity index (χ3n) is 11.4. The van der Waals surface area contributed by atoms with E-state index in [1.807, 2.05) is 0 Å². The van der Waals surface area contributed by atoms with Crippen molar-refractivity contribution in [2.24, 2.45) is 28.1 Å². The highest BCUT2D eigenvalue weighted by atomic mass is 16.7. The Morgan fingerprint density at radius 2 is 1.44 bits per heavy atom. The molecule has 1 N–H and O–H groups in total.